The molecule has 2 N–H and O–H groups in total. The molecule has 44 heavy (non-hydrogen) atoms. The average molecular weight is 618 g/mol. The molecular weight excluding hydrogens is 585 g/mol. The van der Waals surface area contributed by atoms with Gasteiger partial charge in [0.15, 0.2) is 16.7 Å². The first-order valence-corrected chi connectivity index (χ1v) is 15.1. The lowest BCUT2D eigenvalue weighted by Gasteiger charge is -2.37. The highest BCUT2D eigenvalue weighted by atomic mass is 32.1. The predicted octanol–water partition coefficient (Wildman–Crippen LogP) is 4.72. The maximum atomic E-state index is 15.0. The molecule has 0 radical (unpaired) electrons. The molecule has 4 heterocycles. The first-order valence-electron chi connectivity index (χ1n) is 14.3. The van der Waals surface area contributed by atoms with E-state index >= 15 is 0 Å². The highest BCUT2D eigenvalue weighted by Crippen LogP contribution is 2.34. The van der Waals surface area contributed by atoms with Crippen molar-refractivity contribution in [1.29, 1.82) is 0 Å². The van der Waals surface area contributed by atoms with Gasteiger partial charge in [0.1, 0.15) is 23.2 Å². The second-order valence-corrected chi connectivity index (χ2v) is 12.1. The van der Waals surface area contributed by atoms with Gasteiger partial charge in [-0.1, -0.05) is 12.1 Å². The monoisotopic (exact) mass is 617 g/mol. The number of carbonyl (C=O) groups excluding carboxylic acids is 2. The van der Waals surface area contributed by atoms with Crippen LogP contribution in [-0.4, -0.2) is 63.5 Å². The average Bonchev–Trinajstić information content (AvgIpc) is 3.41. The van der Waals surface area contributed by atoms with Gasteiger partial charge in [-0.15, -0.1) is 11.3 Å². The SMILES string of the molecule is CN1CCN(C)C(c2ccc(Nc3nc(-c4nc(NC(=O)Oc5cc6c(s5)CCCC6)ccc4F)cn(C)c3=O)cc2)C1=O. The molecule has 0 bridgehead atoms. The second-order valence-electron chi connectivity index (χ2n) is 11.0. The zero-order valence-electron chi connectivity index (χ0n) is 24.6. The molecule has 0 spiro atoms. The number of aryl methyl sites for hydroxylation is 3. The van der Waals surface area contributed by atoms with Gasteiger partial charge in [0.05, 0.1) is 0 Å². The third kappa shape index (κ3) is 6.06. The topological polar surface area (TPSA) is 122 Å². The van der Waals surface area contributed by atoms with Crippen LogP contribution < -0.4 is 20.9 Å². The number of fused-ring (bicyclic) bond motifs is 1. The van der Waals surface area contributed by atoms with Gasteiger partial charge in [0.2, 0.25) is 5.91 Å². The van der Waals surface area contributed by atoms with E-state index in [1.54, 1.807) is 24.1 Å². The van der Waals surface area contributed by atoms with Gasteiger partial charge < -0.3 is 19.5 Å². The summed E-state index contributed by atoms with van der Waals surface area (Å²) in [7, 11) is 5.23. The van der Waals surface area contributed by atoms with Crippen LogP contribution in [0.4, 0.5) is 26.5 Å². The maximum Gasteiger partial charge on any atom is 0.419 e. The Balaban J connectivity index is 1.20. The molecule has 1 unspecified atom stereocenters. The molecule has 1 aromatic carbocycles. The molecule has 4 aromatic rings. The summed E-state index contributed by atoms with van der Waals surface area (Å²) in [5.41, 5.74) is 2.12. The number of pyridine rings is 1. The number of rotatable bonds is 6. The molecule has 2 aliphatic rings. The molecule has 11 nitrogen and oxygen atoms in total. The normalized spacial score (nSPS) is 16.9. The number of aromatic nitrogens is 3. The largest absolute Gasteiger partial charge is 0.419 e. The fourth-order valence-electron chi connectivity index (χ4n) is 5.46. The number of likely N-dealkylation sites (N-methyl/N-ethyl adjacent to an activating group) is 2. The van der Waals surface area contributed by atoms with Crippen LogP contribution in [0, 0.1) is 5.82 Å². The number of thiophene rings is 1. The van der Waals surface area contributed by atoms with Crippen LogP contribution in [0.2, 0.25) is 0 Å². The van der Waals surface area contributed by atoms with E-state index in [1.807, 2.05) is 30.1 Å². The van der Waals surface area contributed by atoms with E-state index < -0.39 is 17.5 Å². The smallest absolute Gasteiger partial charge is 0.399 e. The number of benzene rings is 1. The summed E-state index contributed by atoms with van der Waals surface area (Å²) < 4.78 is 21.7. The number of carbonyl (C=O) groups is 2. The first-order chi connectivity index (χ1) is 21.2. The lowest BCUT2D eigenvalue weighted by Crippen LogP contribution is -2.48. The van der Waals surface area contributed by atoms with Crippen molar-refractivity contribution in [2.24, 2.45) is 7.05 Å². The second kappa shape index (κ2) is 12.2. The van der Waals surface area contributed by atoms with E-state index in [0.717, 1.165) is 37.8 Å². The highest BCUT2D eigenvalue weighted by molar-refractivity contribution is 7.14. The summed E-state index contributed by atoms with van der Waals surface area (Å²) in [5.74, 6) is -0.625. The molecule has 1 aliphatic carbocycles. The highest BCUT2D eigenvalue weighted by Gasteiger charge is 2.32. The summed E-state index contributed by atoms with van der Waals surface area (Å²) in [6.07, 6.45) is 4.86. The molecule has 2 amide bonds. The third-order valence-corrected chi connectivity index (χ3v) is 9.00. The van der Waals surface area contributed by atoms with Crippen LogP contribution in [0.3, 0.4) is 0 Å². The summed E-state index contributed by atoms with van der Waals surface area (Å²) in [6.45, 7) is 1.43. The Morgan fingerprint density at radius 1 is 1.02 bits per heavy atom. The van der Waals surface area contributed by atoms with E-state index in [-0.39, 0.29) is 35.0 Å². The molecule has 6 rings (SSSR count). The van der Waals surface area contributed by atoms with Gasteiger partial charge in [0.25, 0.3) is 5.56 Å². The van der Waals surface area contributed by atoms with Crippen LogP contribution in [0.25, 0.3) is 11.4 Å². The zero-order chi connectivity index (χ0) is 31.0. The Bertz CT molecular complexity index is 1770. The van der Waals surface area contributed by atoms with E-state index in [4.69, 9.17) is 4.74 Å². The van der Waals surface area contributed by atoms with Gasteiger partial charge in [-0.3, -0.25) is 19.8 Å². The van der Waals surface area contributed by atoms with Crippen molar-refractivity contribution in [3.05, 3.63) is 80.8 Å². The minimum Gasteiger partial charge on any atom is -0.399 e. The number of piperazine rings is 1. The Hall–Kier alpha value is -4.62. The number of halogens is 1. The summed E-state index contributed by atoms with van der Waals surface area (Å²) >= 11 is 1.46. The molecule has 13 heteroatoms. The van der Waals surface area contributed by atoms with Gasteiger partial charge in [0, 0.05) is 43.9 Å². The van der Waals surface area contributed by atoms with Crippen molar-refractivity contribution in [3.8, 4) is 16.5 Å². The van der Waals surface area contributed by atoms with E-state index in [2.05, 4.69) is 20.6 Å². The predicted molar refractivity (Wildman–Crippen MR) is 166 cm³/mol. The van der Waals surface area contributed by atoms with Crippen molar-refractivity contribution in [2.75, 3.05) is 37.8 Å². The van der Waals surface area contributed by atoms with E-state index in [1.165, 1.54) is 51.7 Å². The fraction of sp³-hybridized carbons (Fsp3) is 0.323. The number of anilines is 3. The molecule has 1 saturated heterocycles. The fourth-order valence-corrected chi connectivity index (χ4v) is 6.55. The number of hydrogen-bond donors (Lipinski definition) is 2. The molecular formula is C31H32FN7O4S. The van der Waals surface area contributed by atoms with Crippen LogP contribution in [0.5, 0.6) is 5.06 Å². The molecule has 0 saturated carbocycles. The summed E-state index contributed by atoms with van der Waals surface area (Å²) in [6, 6.07) is 11.2. The van der Waals surface area contributed by atoms with Crippen LogP contribution in [0.15, 0.2) is 53.5 Å². The Labute approximate surface area is 257 Å². The van der Waals surface area contributed by atoms with Gasteiger partial charge >= 0.3 is 6.09 Å². The van der Waals surface area contributed by atoms with Crippen LogP contribution >= 0.6 is 11.3 Å². The molecule has 1 aliphatic heterocycles. The molecule has 1 atom stereocenters. The number of nitrogens with one attached hydrogen (secondary N) is 2. The van der Waals surface area contributed by atoms with Crippen molar-refractivity contribution >= 4 is 40.7 Å². The number of amides is 2. The van der Waals surface area contributed by atoms with E-state index in [9.17, 15) is 18.8 Å². The van der Waals surface area contributed by atoms with Gasteiger partial charge in [-0.05, 0) is 74.2 Å². The molecule has 228 valence electrons. The van der Waals surface area contributed by atoms with Gasteiger partial charge in [-0.25, -0.2) is 19.2 Å². The summed E-state index contributed by atoms with van der Waals surface area (Å²) in [5, 5.41) is 6.07. The van der Waals surface area contributed by atoms with Crippen molar-refractivity contribution in [1.82, 2.24) is 24.3 Å². The lowest BCUT2D eigenvalue weighted by atomic mass is 10.00. The Morgan fingerprint density at radius 3 is 2.57 bits per heavy atom. The number of ether oxygens (including phenoxy) is 1. The lowest BCUT2D eigenvalue weighted by molar-refractivity contribution is -0.139. The van der Waals surface area contributed by atoms with Crippen molar-refractivity contribution in [2.45, 2.75) is 31.7 Å². The van der Waals surface area contributed by atoms with Crippen molar-refractivity contribution in [3.63, 3.8) is 0 Å². The van der Waals surface area contributed by atoms with Crippen molar-refractivity contribution < 1.29 is 18.7 Å². The van der Waals surface area contributed by atoms with Crippen LogP contribution in [0.1, 0.15) is 34.9 Å². The zero-order valence-corrected chi connectivity index (χ0v) is 25.4. The van der Waals surface area contributed by atoms with E-state index in [0.29, 0.717) is 17.3 Å². The third-order valence-electron chi connectivity index (χ3n) is 7.89. The first kappa shape index (κ1) is 29.5. The molecule has 3 aromatic heterocycles. The minimum atomic E-state index is -0.736. The quantitative estimate of drug-likeness (QED) is 0.319. The van der Waals surface area contributed by atoms with Crippen LogP contribution in [-0.2, 0) is 24.7 Å². The molecule has 1 fully saturated rings. The maximum absolute atomic E-state index is 15.0. The standard InChI is InChI=1S/C31H32FN7O4S/c1-37-14-15-38(2)29(40)27(37)18-8-10-20(11-9-18)33-28-30(41)39(3)17-22(34-28)26-21(32)12-13-24(35-26)36-31(42)43-25-16-19-6-4-5-7-23(19)44-25/h8-13,16-17,27H,4-7,14-15H2,1-3H3,(H,33,34)(H,35,36,42). The van der Waals surface area contributed by atoms with Gasteiger partial charge in [-0.2, -0.15) is 0 Å². The Kier molecular flexibility index (Phi) is 8.15. The number of nitrogens with zero attached hydrogens (tertiary/aromatic N) is 5. The minimum absolute atomic E-state index is 0.0208. The Morgan fingerprint density at radius 2 is 1.80 bits per heavy atom. The summed E-state index contributed by atoms with van der Waals surface area (Å²) in [4.78, 5) is 51.9. The number of hydrogen-bond acceptors (Lipinski definition) is 9.